The highest BCUT2D eigenvalue weighted by atomic mass is 35.5. The summed E-state index contributed by atoms with van der Waals surface area (Å²) in [5.74, 6) is -0.387. The Morgan fingerprint density at radius 1 is 1.22 bits per heavy atom. The van der Waals surface area contributed by atoms with Crippen molar-refractivity contribution in [3.63, 3.8) is 0 Å². The molecule has 0 unspecified atom stereocenters. The highest BCUT2D eigenvalue weighted by Gasteiger charge is 2.52. The first kappa shape index (κ1) is 21.2. The van der Waals surface area contributed by atoms with Gasteiger partial charge in [0.25, 0.3) is 5.91 Å². The molecular formula is C19H27ClN4O3. The molecule has 1 aliphatic heterocycles. The van der Waals surface area contributed by atoms with Gasteiger partial charge in [0.2, 0.25) is 5.91 Å². The number of imide groups is 1. The van der Waals surface area contributed by atoms with Crippen LogP contribution in [0, 0.1) is 0 Å². The number of nitrogens with one attached hydrogen (secondary N) is 3. The fourth-order valence-electron chi connectivity index (χ4n) is 3.68. The predicted molar refractivity (Wildman–Crippen MR) is 106 cm³/mol. The fourth-order valence-corrected chi connectivity index (χ4v) is 3.68. The average molecular weight is 395 g/mol. The summed E-state index contributed by atoms with van der Waals surface area (Å²) in [6.45, 7) is 3.64. The zero-order chi connectivity index (χ0) is 18.6. The second-order valence-electron chi connectivity index (χ2n) is 6.91. The number of hydrogen-bond donors (Lipinski definition) is 3. The van der Waals surface area contributed by atoms with Gasteiger partial charge < -0.3 is 16.0 Å². The first-order valence-electron chi connectivity index (χ1n) is 9.28. The Labute approximate surface area is 165 Å². The number of nitrogens with zero attached hydrogens (tertiary/aromatic N) is 1. The van der Waals surface area contributed by atoms with E-state index < -0.39 is 5.54 Å². The van der Waals surface area contributed by atoms with E-state index in [0.717, 1.165) is 30.6 Å². The molecule has 148 valence electrons. The smallest absolute Gasteiger partial charge is 0.325 e. The van der Waals surface area contributed by atoms with Gasteiger partial charge >= 0.3 is 6.03 Å². The van der Waals surface area contributed by atoms with Crippen molar-refractivity contribution in [3.8, 4) is 0 Å². The molecule has 3 N–H and O–H groups in total. The van der Waals surface area contributed by atoms with Crippen LogP contribution in [-0.4, -0.2) is 41.4 Å². The molecule has 1 aromatic carbocycles. The van der Waals surface area contributed by atoms with E-state index in [-0.39, 0.29) is 43.2 Å². The summed E-state index contributed by atoms with van der Waals surface area (Å²) in [5, 5.41) is 8.95. The Bertz CT molecular complexity index is 704. The van der Waals surface area contributed by atoms with Gasteiger partial charge in [-0.1, -0.05) is 38.0 Å². The lowest BCUT2D eigenvalue weighted by Crippen LogP contribution is -2.44. The quantitative estimate of drug-likeness (QED) is 0.619. The number of rotatable bonds is 7. The molecule has 1 saturated heterocycles. The second-order valence-corrected chi connectivity index (χ2v) is 6.91. The van der Waals surface area contributed by atoms with Crippen molar-refractivity contribution in [2.45, 2.75) is 51.1 Å². The molecule has 0 atom stereocenters. The molecule has 2 aliphatic rings. The van der Waals surface area contributed by atoms with E-state index in [0.29, 0.717) is 19.4 Å². The molecular weight excluding hydrogens is 368 g/mol. The van der Waals surface area contributed by atoms with Crippen molar-refractivity contribution >= 4 is 35.9 Å². The van der Waals surface area contributed by atoms with Crippen molar-refractivity contribution in [1.29, 1.82) is 0 Å². The van der Waals surface area contributed by atoms with Crippen LogP contribution in [0.4, 0.5) is 10.5 Å². The third-order valence-electron chi connectivity index (χ3n) is 5.12. The highest BCUT2D eigenvalue weighted by molar-refractivity contribution is 6.07. The lowest BCUT2D eigenvalue weighted by molar-refractivity contribution is -0.131. The third kappa shape index (κ3) is 4.59. The van der Waals surface area contributed by atoms with E-state index in [4.69, 9.17) is 0 Å². The number of benzene rings is 1. The van der Waals surface area contributed by atoms with E-state index in [9.17, 15) is 14.4 Å². The summed E-state index contributed by atoms with van der Waals surface area (Å²) in [5.41, 5.74) is 1.04. The lowest BCUT2D eigenvalue weighted by atomic mass is 9.98. The van der Waals surface area contributed by atoms with Crippen molar-refractivity contribution in [2.24, 2.45) is 0 Å². The van der Waals surface area contributed by atoms with Gasteiger partial charge in [0.05, 0.1) is 0 Å². The monoisotopic (exact) mass is 394 g/mol. The molecule has 0 aromatic heterocycles. The molecule has 1 heterocycles. The van der Waals surface area contributed by atoms with Crippen LogP contribution in [0.5, 0.6) is 0 Å². The number of carbonyl (C=O) groups is 3. The van der Waals surface area contributed by atoms with E-state index >= 15 is 0 Å². The van der Waals surface area contributed by atoms with Crippen molar-refractivity contribution < 1.29 is 14.4 Å². The van der Waals surface area contributed by atoms with Crippen LogP contribution in [0.3, 0.4) is 0 Å². The van der Waals surface area contributed by atoms with E-state index in [2.05, 4.69) is 16.0 Å². The van der Waals surface area contributed by atoms with Gasteiger partial charge in [-0.3, -0.25) is 14.5 Å². The summed E-state index contributed by atoms with van der Waals surface area (Å²) in [6.07, 6.45) is 3.37. The van der Waals surface area contributed by atoms with Gasteiger partial charge in [-0.2, -0.15) is 0 Å². The van der Waals surface area contributed by atoms with Crippen molar-refractivity contribution in [2.75, 3.05) is 18.4 Å². The minimum atomic E-state index is -0.716. The third-order valence-corrected chi connectivity index (χ3v) is 5.12. The van der Waals surface area contributed by atoms with Gasteiger partial charge in [0.15, 0.2) is 0 Å². The van der Waals surface area contributed by atoms with Crippen LogP contribution in [-0.2, 0) is 16.1 Å². The van der Waals surface area contributed by atoms with Gasteiger partial charge in [0.1, 0.15) is 5.54 Å². The number of carbonyl (C=O) groups excluding carboxylic acids is 3. The maximum absolute atomic E-state index is 12.6. The Morgan fingerprint density at radius 2 is 1.93 bits per heavy atom. The number of hydrogen-bond acceptors (Lipinski definition) is 4. The van der Waals surface area contributed by atoms with Gasteiger partial charge in [-0.05, 0) is 31.0 Å². The zero-order valence-corrected chi connectivity index (χ0v) is 16.4. The highest BCUT2D eigenvalue weighted by Crippen LogP contribution is 2.35. The summed E-state index contributed by atoms with van der Waals surface area (Å²) in [4.78, 5) is 38.2. The topological polar surface area (TPSA) is 90.5 Å². The molecule has 2 fully saturated rings. The van der Waals surface area contributed by atoms with Crippen molar-refractivity contribution in [1.82, 2.24) is 15.5 Å². The molecule has 1 saturated carbocycles. The maximum atomic E-state index is 12.6. The molecule has 4 amide bonds. The molecule has 0 radical (unpaired) electrons. The number of urea groups is 1. The fraction of sp³-hybridized carbons (Fsp3) is 0.526. The van der Waals surface area contributed by atoms with Gasteiger partial charge in [-0.25, -0.2) is 4.79 Å². The van der Waals surface area contributed by atoms with E-state index in [1.807, 2.05) is 31.2 Å². The Balaban J connectivity index is 0.00000261. The first-order chi connectivity index (χ1) is 12.6. The molecule has 7 nitrogen and oxygen atoms in total. The number of anilines is 1. The summed E-state index contributed by atoms with van der Waals surface area (Å²) in [6, 6.07) is 7.23. The van der Waals surface area contributed by atoms with Crippen LogP contribution in [0.15, 0.2) is 24.3 Å². The predicted octanol–water partition coefficient (Wildman–Crippen LogP) is 2.41. The zero-order valence-electron chi connectivity index (χ0n) is 15.5. The molecule has 1 aromatic rings. The minimum absolute atomic E-state index is 0. The molecule has 0 bridgehead atoms. The van der Waals surface area contributed by atoms with Crippen molar-refractivity contribution in [3.05, 3.63) is 29.8 Å². The Morgan fingerprint density at radius 3 is 2.63 bits per heavy atom. The van der Waals surface area contributed by atoms with Crippen LogP contribution in [0.1, 0.15) is 44.6 Å². The summed E-state index contributed by atoms with van der Waals surface area (Å²) >= 11 is 0. The second kappa shape index (κ2) is 9.19. The Hall–Kier alpha value is -2.12. The lowest BCUT2D eigenvalue weighted by Gasteiger charge is -2.20. The molecule has 1 spiro atoms. The van der Waals surface area contributed by atoms with Crippen LogP contribution >= 0.6 is 12.4 Å². The molecule has 3 rings (SSSR count). The normalized spacial score (nSPS) is 17.7. The summed E-state index contributed by atoms with van der Waals surface area (Å²) in [7, 11) is 0. The van der Waals surface area contributed by atoms with Crippen LogP contribution < -0.4 is 16.0 Å². The molecule has 1 aliphatic carbocycles. The van der Waals surface area contributed by atoms with E-state index in [1.165, 1.54) is 4.90 Å². The van der Waals surface area contributed by atoms with Gasteiger partial charge in [0, 0.05) is 25.2 Å². The van der Waals surface area contributed by atoms with Crippen LogP contribution in [0.25, 0.3) is 0 Å². The maximum Gasteiger partial charge on any atom is 0.325 e. The molecule has 27 heavy (non-hydrogen) atoms. The number of para-hydroxylation sites is 1. The SMILES string of the molecule is CCNCc1ccccc1NC(=O)CCN1C(=O)NC2(CCCC2)C1=O.Cl. The largest absolute Gasteiger partial charge is 0.326 e. The Kier molecular flexibility index (Phi) is 7.21. The first-order valence-corrected chi connectivity index (χ1v) is 9.28. The standard InChI is InChI=1S/C19H26N4O3.ClH/c1-2-20-13-14-7-3-4-8-15(14)21-16(24)9-12-23-17(25)19(22-18(23)26)10-5-6-11-19;/h3-4,7-8,20H,2,5-6,9-13H2,1H3,(H,21,24)(H,22,26);1H. The summed E-state index contributed by atoms with van der Waals surface area (Å²) < 4.78 is 0. The number of halogens is 1. The molecule has 8 heteroatoms. The van der Waals surface area contributed by atoms with Gasteiger partial charge in [-0.15, -0.1) is 12.4 Å². The van der Waals surface area contributed by atoms with E-state index in [1.54, 1.807) is 0 Å². The van der Waals surface area contributed by atoms with Crippen LogP contribution in [0.2, 0.25) is 0 Å². The average Bonchev–Trinajstić information content (AvgIpc) is 3.18. The minimum Gasteiger partial charge on any atom is -0.326 e. The number of amides is 4.